The first-order valence-corrected chi connectivity index (χ1v) is 9.01. The van der Waals surface area contributed by atoms with Crippen LogP contribution in [0.1, 0.15) is 10.4 Å². The molecule has 0 saturated heterocycles. The molecule has 128 valence electrons. The Hall–Kier alpha value is -2.96. The number of carbonyl (C=O) groups is 1. The van der Waals surface area contributed by atoms with E-state index in [4.69, 9.17) is 11.6 Å². The summed E-state index contributed by atoms with van der Waals surface area (Å²) in [5.74, 6) is -0.512. The molecule has 0 unspecified atom stereocenters. The number of benzene rings is 2. The lowest BCUT2D eigenvalue weighted by molar-refractivity contribution is 0.102. The molecule has 0 radical (unpaired) electrons. The number of halogens is 1. The Bertz CT molecular complexity index is 1170. The van der Waals surface area contributed by atoms with Gasteiger partial charge in [0.2, 0.25) is 5.43 Å². The molecule has 0 aliphatic rings. The van der Waals surface area contributed by atoms with Gasteiger partial charge in [0, 0.05) is 22.5 Å². The lowest BCUT2D eigenvalue weighted by atomic mass is 10.1. The number of amides is 1. The molecule has 7 heteroatoms. The van der Waals surface area contributed by atoms with Crippen LogP contribution in [-0.2, 0) is 0 Å². The number of para-hydroxylation sites is 1. The van der Waals surface area contributed by atoms with Crippen molar-refractivity contribution in [2.45, 2.75) is 0 Å². The number of aromatic nitrogens is 2. The Morgan fingerprint density at radius 3 is 2.73 bits per heavy atom. The van der Waals surface area contributed by atoms with Crippen LogP contribution in [0.2, 0.25) is 5.02 Å². The third-order valence-corrected chi connectivity index (χ3v) is 4.98. The minimum atomic E-state index is -0.512. The maximum atomic E-state index is 12.6. The molecule has 2 N–H and O–H groups in total. The first kappa shape index (κ1) is 16.5. The van der Waals surface area contributed by atoms with Crippen LogP contribution in [0.5, 0.6) is 0 Å². The fraction of sp³-hybridized carbons (Fsp3) is 0. The third kappa shape index (κ3) is 3.00. The Labute approximate surface area is 157 Å². The van der Waals surface area contributed by atoms with Crippen molar-refractivity contribution in [1.82, 2.24) is 9.97 Å². The molecule has 26 heavy (non-hydrogen) atoms. The second-order valence-corrected chi connectivity index (χ2v) is 6.82. The van der Waals surface area contributed by atoms with Gasteiger partial charge in [-0.1, -0.05) is 48.0 Å². The van der Waals surface area contributed by atoms with Crippen LogP contribution in [0, 0.1) is 0 Å². The van der Waals surface area contributed by atoms with Gasteiger partial charge in [-0.2, -0.15) is 0 Å². The molecule has 0 bridgehead atoms. The van der Waals surface area contributed by atoms with Crippen molar-refractivity contribution in [3.63, 3.8) is 0 Å². The molecule has 2 aromatic carbocycles. The number of carbonyl (C=O) groups excluding carboxylic acids is 1. The van der Waals surface area contributed by atoms with Gasteiger partial charge < -0.3 is 4.98 Å². The summed E-state index contributed by atoms with van der Waals surface area (Å²) in [4.78, 5) is 32.4. The second-order valence-electron chi connectivity index (χ2n) is 5.55. The van der Waals surface area contributed by atoms with Gasteiger partial charge in [0.15, 0.2) is 5.13 Å². The number of hydrogen-bond acceptors (Lipinski definition) is 4. The van der Waals surface area contributed by atoms with Crippen molar-refractivity contribution in [3.05, 3.63) is 80.9 Å². The normalized spacial score (nSPS) is 10.8. The summed E-state index contributed by atoms with van der Waals surface area (Å²) in [7, 11) is 0. The number of pyridine rings is 1. The molecule has 4 aromatic rings. The molecule has 0 spiro atoms. The number of H-pyrrole nitrogens is 1. The monoisotopic (exact) mass is 381 g/mol. The largest absolute Gasteiger partial charge is 0.359 e. The fourth-order valence-corrected chi connectivity index (χ4v) is 3.56. The van der Waals surface area contributed by atoms with Crippen molar-refractivity contribution in [1.29, 1.82) is 0 Å². The minimum absolute atomic E-state index is 0.0104. The number of rotatable bonds is 3. The molecule has 1 amide bonds. The Morgan fingerprint density at radius 2 is 1.92 bits per heavy atom. The summed E-state index contributed by atoms with van der Waals surface area (Å²) in [6, 6.07) is 14.6. The lowest BCUT2D eigenvalue weighted by Crippen LogP contribution is -2.21. The van der Waals surface area contributed by atoms with Crippen LogP contribution < -0.4 is 10.7 Å². The van der Waals surface area contributed by atoms with Gasteiger partial charge in [-0.25, -0.2) is 4.98 Å². The van der Waals surface area contributed by atoms with E-state index in [-0.39, 0.29) is 11.0 Å². The van der Waals surface area contributed by atoms with E-state index in [0.717, 1.165) is 11.3 Å². The first-order chi connectivity index (χ1) is 12.6. The van der Waals surface area contributed by atoms with E-state index >= 15 is 0 Å². The Morgan fingerprint density at radius 1 is 1.12 bits per heavy atom. The van der Waals surface area contributed by atoms with Crippen molar-refractivity contribution >= 4 is 44.9 Å². The van der Waals surface area contributed by atoms with Crippen LogP contribution >= 0.6 is 22.9 Å². The van der Waals surface area contributed by atoms with E-state index < -0.39 is 5.91 Å². The highest BCUT2D eigenvalue weighted by Crippen LogP contribution is 2.25. The number of anilines is 1. The zero-order valence-electron chi connectivity index (χ0n) is 13.3. The first-order valence-electron chi connectivity index (χ1n) is 7.75. The minimum Gasteiger partial charge on any atom is -0.359 e. The van der Waals surface area contributed by atoms with E-state index in [1.165, 1.54) is 17.5 Å². The quantitative estimate of drug-likeness (QED) is 0.546. The second kappa shape index (κ2) is 6.74. The number of hydrogen-bond donors (Lipinski definition) is 2. The highest BCUT2D eigenvalue weighted by atomic mass is 35.5. The van der Waals surface area contributed by atoms with Crippen molar-refractivity contribution in [3.8, 4) is 11.3 Å². The van der Waals surface area contributed by atoms with Gasteiger partial charge in [-0.05, 0) is 12.1 Å². The topological polar surface area (TPSA) is 74.8 Å². The summed E-state index contributed by atoms with van der Waals surface area (Å²) in [5.41, 5.74) is 1.87. The molecular weight excluding hydrogens is 370 g/mol. The van der Waals surface area contributed by atoms with Gasteiger partial charge in [0.05, 0.1) is 16.2 Å². The predicted molar refractivity (Wildman–Crippen MR) is 105 cm³/mol. The van der Waals surface area contributed by atoms with Crippen LogP contribution in [0.4, 0.5) is 5.13 Å². The maximum absolute atomic E-state index is 12.6. The summed E-state index contributed by atoms with van der Waals surface area (Å²) in [5, 5.41) is 5.77. The van der Waals surface area contributed by atoms with Crippen LogP contribution in [0.3, 0.4) is 0 Å². The van der Waals surface area contributed by atoms with Gasteiger partial charge in [0.1, 0.15) is 5.56 Å². The van der Waals surface area contributed by atoms with Gasteiger partial charge >= 0.3 is 0 Å². The number of thiazole rings is 1. The van der Waals surface area contributed by atoms with Gasteiger partial charge in [-0.15, -0.1) is 11.3 Å². The molecule has 0 fully saturated rings. The SMILES string of the molecule is O=C(Nc1nc(-c2ccccc2)cs1)c1c[nH]c2c(Cl)cccc2c1=O. The van der Waals surface area contributed by atoms with Crippen molar-refractivity contribution in [2.75, 3.05) is 5.32 Å². The standard InChI is InChI=1S/C19H12ClN3O2S/c20-14-8-4-7-12-16(14)21-9-13(17(12)24)18(25)23-19-22-15(10-26-19)11-5-2-1-3-6-11/h1-10H,(H,21,24)(H,22,23,25). The van der Waals surface area contributed by atoms with E-state index in [1.54, 1.807) is 18.2 Å². The van der Waals surface area contributed by atoms with Crippen LogP contribution in [-0.4, -0.2) is 15.9 Å². The summed E-state index contributed by atoms with van der Waals surface area (Å²) < 4.78 is 0. The summed E-state index contributed by atoms with van der Waals surface area (Å²) >= 11 is 7.38. The zero-order chi connectivity index (χ0) is 18.1. The summed E-state index contributed by atoms with van der Waals surface area (Å²) in [6.45, 7) is 0. The molecule has 5 nitrogen and oxygen atoms in total. The highest BCUT2D eigenvalue weighted by Gasteiger charge is 2.15. The fourth-order valence-electron chi connectivity index (χ4n) is 2.62. The highest BCUT2D eigenvalue weighted by molar-refractivity contribution is 7.14. The number of nitrogens with zero attached hydrogens (tertiary/aromatic N) is 1. The third-order valence-electron chi connectivity index (χ3n) is 3.90. The molecule has 2 heterocycles. The van der Waals surface area contributed by atoms with E-state index in [2.05, 4.69) is 15.3 Å². The Kier molecular flexibility index (Phi) is 4.28. The van der Waals surface area contributed by atoms with Gasteiger partial charge in [-0.3, -0.25) is 14.9 Å². The average molecular weight is 382 g/mol. The molecule has 0 aliphatic carbocycles. The molecule has 0 aliphatic heterocycles. The predicted octanol–water partition coefficient (Wildman–Crippen LogP) is 4.56. The number of nitrogens with one attached hydrogen (secondary N) is 2. The number of fused-ring (bicyclic) bond motifs is 1. The van der Waals surface area contributed by atoms with Crippen LogP contribution in [0.25, 0.3) is 22.2 Å². The maximum Gasteiger partial charge on any atom is 0.262 e. The zero-order valence-corrected chi connectivity index (χ0v) is 14.9. The number of aromatic amines is 1. The summed E-state index contributed by atoms with van der Waals surface area (Å²) in [6.07, 6.45) is 1.37. The van der Waals surface area contributed by atoms with E-state index in [0.29, 0.717) is 21.1 Å². The molecule has 0 saturated carbocycles. The molecular formula is C19H12ClN3O2S. The van der Waals surface area contributed by atoms with E-state index in [9.17, 15) is 9.59 Å². The Balaban J connectivity index is 1.63. The van der Waals surface area contributed by atoms with E-state index in [1.807, 2.05) is 35.7 Å². The van der Waals surface area contributed by atoms with Crippen LogP contribution in [0.15, 0.2) is 64.9 Å². The lowest BCUT2D eigenvalue weighted by Gasteiger charge is -2.04. The molecule has 2 aromatic heterocycles. The average Bonchev–Trinajstić information content (AvgIpc) is 3.12. The smallest absolute Gasteiger partial charge is 0.262 e. The molecule has 0 atom stereocenters. The van der Waals surface area contributed by atoms with Crippen molar-refractivity contribution < 1.29 is 4.79 Å². The molecule has 4 rings (SSSR count). The van der Waals surface area contributed by atoms with Crippen molar-refractivity contribution in [2.24, 2.45) is 0 Å². The van der Waals surface area contributed by atoms with Gasteiger partial charge in [0.25, 0.3) is 5.91 Å².